The molecule has 15 heavy (non-hydrogen) atoms. The summed E-state index contributed by atoms with van der Waals surface area (Å²) in [5, 5.41) is 4.14. The predicted molar refractivity (Wildman–Crippen MR) is 60.3 cm³/mol. The Bertz CT molecular complexity index is 481. The van der Waals surface area contributed by atoms with E-state index in [2.05, 4.69) is 26.0 Å². The van der Waals surface area contributed by atoms with Gasteiger partial charge < -0.3 is 4.74 Å². The molecule has 78 valence electrons. The molecule has 2 aromatic rings. The molecule has 0 unspecified atom stereocenters. The Balaban J connectivity index is 2.40. The van der Waals surface area contributed by atoms with Gasteiger partial charge in [0.15, 0.2) is 11.6 Å². The van der Waals surface area contributed by atoms with Gasteiger partial charge in [-0.05, 0) is 35.0 Å². The number of hydrogen-bond donors (Lipinski definition) is 0. The van der Waals surface area contributed by atoms with Crippen LogP contribution in [0.1, 0.15) is 5.69 Å². The second-order valence-electron chi connectivity index (χ2n) is 3.06. The van der Waals surface area contributed by atoms with Crippen molar-refractivity contribution in [1.29, 1.82) is 0 Å². The van der Waals surface area contributed by atoms with Crippen LogP contribution in [-0.4, -0.2) is 21.9 Å². The smallest absolute Gasteiger partial charge is 0.157 e. The standard InChI is InChI=1S/C10H10BrN3O/c1-7-9(11)3-4-10(13-7)14-6-8(15-2)5-12-14/h3-6H,1-2H3. The van der Waals surface area contributed by atoms with Crippen molar-refractivity contribution in [2.24, 2.45) is 0 Å². The van der Waals surface area contributed by atoms with Crippen molar-refractivity contribution >= 4 is 15.9 Å². The van der Waals surface area contributed by atoms with E-state index in [0.717, 1.165) is 21.7 Å². The highest BCUT2D eigenvalue weighted by Crippen LogP contribution is 2.17. The number of aromatic nitrogens is 3. The summed E-state index contributed by atoms with van der Waals surface area (Å²) in [5.74, 6) is 1.50. The second-order valence-corrected chi connectivity index (χ2v) is 3.92. The molecule has 2 aromatic heterocycles. The highest BCUT2D eigenvalue weighted by atomic mass is 79.9. The van der Waals surface area contributed by atoms with Crippen molar-refractivity contribution in [3.63, 3.8) is 0 Å². The zero-order valence-electron chi connectivity index (χ0n) is 8.44. The molecule has 0 fully saturated rings. The van der Waals surface area contributed by atoms with Crippen LogP contribution in [0.4, 0.5) is 0 Å². The van der Waals surface area contributed by atoms with Crippen molar-refractivity contribution in [2.45, 2.75) is 6.92 Å². The average molecular weight is 268 g/mol. The summed E-state index contributed by atoms with van der Waals surface area (Å²) in [7, 11) is 1.61. The highest BCUT2D eigenvalue weighted by Gasteiger charge is 2.03. The van der Waals surface area contributed by atoms with E-state index >= 15 is 0 Å². The van der Waals surface area contributed by atoms with Gasteiger partial charge in [-0.25, -0.2) is 9.67 Å². The van der Waals surface area contributed by atoms with Gasteiger partial charge in [0.1, 0.15) is 0 Å². The van der Waals surface area contributed by atoms with Crippen LogP contribution >= 0.6 is 15.9 Å². The number of hydrogen-bond acceptors (Lipinski definition) is 3. The lowest BCUT2D eigenvalue weighted by Gasteiger charge is -2.02. The Morgan fingerprint density at radius 2 is 2.20 bits per heavy atom. The molecule has 0 aliphatic heterocycles. The van der Waals surface area contributed by atoms with Gasteiger partial charge in [-0.1, -0.05) is 0 Å². The zero-order valence-corrected chi connectivity index (χ0v) is 10.0. The molecule has 0 saturated carbocycles. The molecule has 5 heteroatoms. The molecular formula is C10H10BrN3O. The summed E-state index contributed by atoms with van der Waals surface area (Å²) in [6, 6.07) is 3.84. The van der Waals surface area contributed by atoms with Crippen LogP contribution in [0.25, 0.3) is 5.82 Å². The minimum atomic E-state index is 0.720. The molecule has 0 atom stereocenters. The Morgan fingerprint density at radius 3 is 2.80 bits per heavy atom. The molecule has 2 heterocycles. The SMILES string of the molecule is COc1cnn(-c2ccc(Br)c(C)n2)c1. The van der Waals surface area contributed by atoms with Crippen molar-refractivity contribution < 1.29 is 4.74 Å². The molecular weight excluding hydrogens is 258 g/mol. The van der Waals surface area contributed by atoms with Crippen LogP contribution in [0, 0.1) is 6.92 Å². The number of pyridine rings is 1. The summed E-state index contributed by atoms with van der Waals surface area (Å²) in [6.07, 6.45) is 3.44. The number of aryl methyl sites for hydroxylation is 1. The van der Waals surface area contributed by atoms with E-state index < -0.39 is 0 Å². The van der Waals surface area contributed by atoms with Crippen molar-refractivity contribution in [3.8, 4) is 11.6 Å². The monoisotopic (exact) mass is 267 g/mol. The fourth-order valence-electron chi connectivity index (χ4n) is 1.20. The number of halogens is 1. The molecule has 0 saturated heterocycles. The molecule has 0 amide bonds. The first-order valence-electron chi connectivity index (χ1n) is 4.43. The summed E-state index contributed by atoms with van der Waals surface area (Å²) >= 11 is 3.40. The fourth-order valence-corrected chi connectivity index (χ4v) is 1.42. The first-order chi connectivity index (χ1) is 7.20. The Hall–Kier alpha value is -1.36. The van der Waals surface area contributed by atoms with Gasteiger partial charge in [-0.15, -0.1) is 0 Å². The van der Waals surface area contributed by atoms with E-state index in [1.165, 1.54) is 0 Å². The van der Waals surface area contributed by atoms with E-state index in [0.29, 0.717) is 0 Å². The fraction of sp³-hybridized carbons (Fsp3) is 0.200. The number of rotatable bonds is 2. The second kappa shape index (κ2) is 4.02. The van der Waals surface area contributed by atoms with Crippen LogP contribution in [0.3, 0.4) is 0 Å². The topological polar surface area (TPSA) is 39.9 Å². The highest BCUT2D eigenvalue weighted by molar-refractivity contribution is 9.10. The van der Waals surface area contributed by atoms with Gasteiger partial charge in [0, 0.05) is 4.47 Å². The lowest BCUT2D eigenvalue weighted by molar-refractivity contribution is 0.414. The van der Waals surface area contributed by atoms with E-state index in [4.69, 9.17) is 4.74 Å². The molecule has 0 aliphatic carbocycles. The van der Waals surface area contributed by atoms with Crippen LogP contribution in [0.2, 0.25) is 0 Å². The maximum absolute atomic E-state index is 5.05. The largest absolute Gasteiger partial charge is 0.493 e. The summed E-state index contributed by atoms with van der Waals surface area (Å²) in [4.78, 5) is 4.39. The van der Waals surface area contributed by atoms with E-state index in [1.54, 1.807) is 24.2 Å². The lowest BCUT2D eigenvalue weighted by Crippen LogP contribution is -1.99. The van der Waals surface area contributed by atoms with Crippen molar-refractivity contribution in [2.75, 3.05) is 7.11 Å². The van der Waals surface area contributed by atoms with Crippen molar-refractivity contribution in [1.82, 2.24) is 14.8 Å². The number of ether oxygens (including phenoxy) is 1. The quantitative estimate of drug-likeness (QED) is 0.839. The van der Waals surface area contributed by atoms with Gasteiger partial charge in [0.2, 0.25) is 0 Å². The van der Waals surface area contributed by atoms with Crippen LogP contribution in [-0.2, 0) is 0 Å². The Kier molecular flexibility index (Phi) is 2.73. The molecule has 0 aromatic carbocycles. The predicted octanol–water partition coefficient (Wildman–Crippen LogP) is 2.35. The minimum Gasteiger partial charge on any atom is -0.493 e. The van der Waals surface area contributed by atoms with Crippen molar-refractivity contribution in [3.05, 3.63) is 34.7 Å². The maximum Gasteiger partial charge on any atom is 0.157 e. The molecule has 2 rings (SSSR count). The average Bonchev–Trinajstić information content (AvgIpc) is 2.70. The van der Waals surface area contributed by atoms with E-state index in [9.17, 15) is 0 Å². The third-order valence-corrected chi connectivity index (χ3v) is 2.87. The van der Waals surface area contributed by atoms with Gasteiger partial charge in [0.05, 0.1) is 25.2 Å². The third-order valence-electron chi connectivity index (χ3n) is 2.04. The molecule has 0 spiro atoms. The summed E-state index contributed by atoms with van der Waals surface area (Å²) < 4.78 is 7.72. The van der Waals surface area contributed by atoms with Crippen LogP contribution in [0.15, 0.2) is 29.0 Å². The summed E-state index contributed by atoms with van der Waals surface area (Å²) in [6.45, 7) is 1.94. The molecule has 0 aliphatic rings. The first kappa shape index (κ1) is 10.2. The number of nitrogens with zero attached hydrogens (tertiary/aromatic N) is 3. The minimum absolute atomic E-state index is 0.720. The van der Waals surface area contributed by atoms with Crippen LogP contribution in [0.5, 0.6) is 5.75 Å². The molecule has 0 radical (unpaired) electrons. The van der Waals surface area contributed by atoms with Gasteiger partial charge in [-0.2, -0.15) is 5.10 Å². The molecule has 0 N–H and O–H groups in total. The molecule has 0 bridgehead atoms. The van der Waals surface area contributed by atoms with Gasteiger partial charge >= 0.3 is 0 Å². The summed E-state index contributed by atoms with van der Waals surface area (Å²) in [5.41, 5.74) is 0.932. The normalized spacial score (nSPS) is 10.3. The first-order valence-corrected chi connectivity index (χ1v) is 5.22. The van der Waals surface area contributed by atoms with Gasteiger partial charge in [-0.3, -0.25) is 0 Å². The van der Waals surface area contributed by atoms with E-state index in [-0.39, 0.29) is 0 Å². The van der Waals surface area contributed by atoms with E-state index in [1.807, 2.05) is 19.1 Å². The zero-order chi connectivity index (χ0) is 10.8. The third kappa shape index (κ3) is 2.02. The Labute approximate surface area is 96.0 Å². The number of methoxy groups -OCH3 is 1. The maximum atomic E-state index is 5.05. The lowest BCUT2D eigenvalue weighted by atomic mass is 10.4. The van der Waals surface area contributed by atoms with Crippen LogP contribution < -0.4 is 4.74 Å². The van der Waals surface area contributed by atoms with Gasteiger partial charge in [0.25, 0.3) is 0 Å². The Morgan fingerprint density at radius 1 is 1.40 bits per heavy atom. The molecule has 4 nitrogen and oxygen atoms in total.